The van der Waals surface area contributed by atoms with E-state index in [0.717, 1.165) is 37.6 Å². The normalized spacial score (nSPS) is 16.2. The molecule has 126 valence electrons. The number of hydrogen-bond donors (Lipinski definition) is 2. The molecule has 2 aromatic heterocycles. The van der Waals surface area contributed by atoms with Crippen molar-refractivity contribution in [3.63, 3.8) is 0 Å². The number of pyridine rings is 2. The Hall–Kier alpha value is -2.67. The Morgan fingerprint density at radius 3 is 2.75 bits per heavy atom. The van der Waals surface area contributed by atoms with Crippen molar-refractivity contribution in [2.24, 2.45) is 10.7 Å². The van der Waals surface area contributed by atoms with Gasteiger partial charge < -0.3 is 20.9 Å². The molecule has 3 heterocycles. The quantitative estimate of drug-likeness (QED) is 0.648. The van der Waals surface area contributed by atoms with Gasteiger partial charge in [-0.2, -0.15) is 0 Å². The molecule has 3 rings (SSSR count). The minimum Gasteiger partial charge on any atom is -0.370 e. The number of hydrogen-bond acceptors (Lipinski definition) is 5. The Morgan fingerprint density at radius 1 is 1.17 bits per heavy atom. The van der Waals surface area contributed by atoms with E-state index in [2.05, 4.69) is 43.2 Å². The molecule has 1 fully saturated rings. The largest absolute Gasteiger partial charge is 0.370 e. The molecule has 1 aliphatic heterocycles. The molecule has 0 bridgehead atoms. The smallest absolute Gasteiger partial charge is 0.194 e. The average Bonchev–Trinajstić information content (AvgIpc) is 2.62. The van der Waals surface area contributed by atoms with E-state index in [1.807, 2.05) is 30.5 Å². The van der Waals surface area contributed by atoms with Crippen LogP contribution in [0.1, 0.15) is 5.56 Å². The van der Waals surface area contributed by atoms with Gasteiger partial charge in [0.1, 0.15) is 11.6 Å². The Bertz CT molecular complexity index is 678. The van der Waals surface area contributed by atoms with Gasteiger partial charge in [0.2, 0.25) is 0 Å². The molecule has 0 amide bonds. The molecule has 0 spiro atoms. The van der Waals surface area contributed by atoms with Gasteiger partial charge in [0, 0.05) is 38.6 Å². The summed E-state index contributed by atoms with van der Waals surface area (Å²) in [7, 11) is 2.15. The summed E-state index contributed by atoms with van der Waals surface area (Å²) in [4.78, 5) is 17.7. The summed E-state index contributed by atoms with van der Waals surface area (Å²) >= 11 is 0. The van der Waals surface area contributed by atoms with Gasteiger partial charge in [-0.25, -0.2) is 15.0 Å². The summed E-state index contributed by atoms with van der Waals surface area (Å²) < 4.78 is 0. The zero-order chi connectivity index (χ0) is 16.8. The zero-order valence-electron chi connectivity index (χ0n) is 13.9. The summed E-state index contributed by atoms with van der Waals surface area (Å²) in [5, 5.41) is 2.98. The van der Waals surface area contributed by atoms with Gasteiger partial charge >= 0.3 is 0 Å². The number of nitrogens with one attached hydrogen (secondary N) is 1. The minimum absolute atomic E-state index is 0.353. The lowest BCUT2D eigenvalue weighted by molar-refractivity contribution is 0.312. The van der Waals surface area contributed by atoms with Crippen molar-refractivity contribution in [1.82, 2.24) is 14.9 Å². The predicted molar refractivity (Wildman–Crippen MR) is 97.1 cm³/mol. The van der Waals surface area contributed by atoms with Gasteiger partial charge in [0.25, 0.3) is 0 Å². The van der Waals surface area contributed by atoms with Crippen molar-refractivity contribution < 1.29 is 0 Å². The molecule has 3 N–H and O–H groups in total. The maximum Gasteiger partial charge on any atom is 0.194 e. The monoisotopic (exact) mass is 325 g/mol. The third-order valence-corrected chi connectivity index (χ3v) is 3.99. The highest BCUT2D eigenvalue weighted by Gasteiger charge is 2.15. The maximum atomic E-state index is 5.92. The summed E-state index contributed by atoms with van der Waals surface area (Å²) in [6, 6.07) is 9.66. The Kier molecular flexibility index (Phi) is 5.22. The summed E-state index contributed by atoms with van der Waals surface area (Å²) in [5.41, 5.74) is 7.00. The van der Waals surface area contributed by atoms with E-state index in [-0.39, 0.29) is 0 Å². The minimum atomic E-state index is 0.353. The second-order valence-corrected chi connectivity index (χ2v) is 5.85. The Labute approximate surface area is 142 Å². The predicted octanol–water partition coefficient (Wildman–Crippen LogP) is 1.16. The number of likely N-dealkylation sites (N-methyl/N-ethyl adjacent to an activating group) is 1. The highest BCUT2D eigenvalue weighted by molar-refractivity contribution is 5.91. The van der Waals surface area contributed by atoms with E-state index >= 15 is 0 Å². The lowest BCUT2D eigenvalue weighted by Crippen LogP contribution is -2.44. The van der Waals surface area contributed by atoms with Gasteiger partial charge in [0.15, 0.2) is 5.96 Å². The van der Waals surface area contributed by atoms with Gasteiger partial charge in [-0.05, 0) is 36.9 Å². The third kappa shape index (κ3) is 4.42. The zero-order valence-corrected chi connectivity index (χ0v) is 13.9. The van der Waals surface area contributed by atoms with Crippen LogP contribution >= 0.6 is 0 Å². The number of nitrogens with two attached hydrogens (primary N) is 1. The Balaban J connectivity index is 1.61. The van der Waals surface area contributed by atoms with Gasteiger partial charge in [-0.1, -0.05) is 6.07 Å². The second-order valence-electron chi connectivity index (χ2n) is 5.85. The van der Waals surface area contributed by atoms with Gasteiger partial charge in [0.05, 0.1) is 6.54 Å². The molecule has 0 aromatic carbocycles. The van der Waals surface area contributed by atoms with Gasteiger partial charge in [-0.15, -0.1) is 0 Å². The van der Waals surface area contributed by atoms with Crippen LogP contribution < -0.4 is 16.0 Å². The van der Waals surface area contributed by atoms with Crippen molar-refractivity contribution in [1.29, 1.82) is 0 Å². The lowest BCUT2D eigenvalue weighted by atomic mass is 10.2. The van der Waals surface area contributed by atoms with E-state index in [9.17, 15) is 0 Å². The van der Waals surface area contributed by atoms with E-state index in [1.165, 1.54) is 0 Å². The molecule has 0 atom stereocenters. The number of nitrogens with zero attached hydrogens (tertiary/aromatic N) is 5. The molecule has 1 aliphatic rings. The standard InChI is InChI=1S/C17H23N7/c1-23-8-10-24(11-9-23)16-12-14(5-7-20-16)13-21-17(18)22-15-4-2-3-6-19-15/h2-7,12H,8-11,13H2,1H3,(H3,18,19,21,22). The van der Waals surface area contributed by atoms with E-state index in [1.54, 1.807) is 6.20 Å². The van der Waals surface area contributed by atoms with Crippen LogP contribution in [0.15, 0.2) is 47.7 Å². The molecular weight excluding hydrogens is 302 g/mol. The SMILES string of the molecule is CN1CCN(c2cc(CN=C(N)Nc3ccccn3)ccn2)CC1. The van der Waals surface area contributed by atoms with Crippen molar-refractivity contribution >= 4 is 17.6 Å². The first-order valence-electron chi connectivity index (χ1n) is 8.07. The first-order valence-corrected chi connectivity index (χ1v) is 8.07. The molecule has 0 unspecified atom stereocenters. The van der Waals surface area contributed by atoms with Crippen LogP contribution in [0.4, 0.5) is 11.6 Å². The topological polar surface area (TPSA) is 82.7 Å². The molecule has 0 radical (unpaired) electrons. The molecule has 0 saturated carbocycles. The number of piperazine rings is 1. The van der Waals surface area contributed by atoms with Crippen molar-refractivity contribution in [2.75, 3.05) is 43.4 Å². The molecule has 7 nitrogen and oxygen atoms in total. The highest BCUT2D eigenvalue weighted by Crippen LogP contribution is 2.15. The average molecular weight is 325 g/mol. The molecule has 1 saturated heterocycles. The molecular formula is C17H23N7. The van der Waals surface area contributed by atoms with Crippen LogP contribution in [0.25, 0.3) is 0 Å². The number of anilines is 2. The molecule has 7 heteroatoms. The first-order chi connectivity index (χ1) is 11.7. The van der Waals surface area contributed by atoms with Crippen molar-refractivity contribution in [3.05, 3.63) is 48.3 Å². The summed E-state index contributed by atoms with van der Waals surface area (Å²) in [5.74, 6) is 2.05. The first kappa shape index (κ1) is 16.2. The highest BCUT2D eigenvalue weighted by atomic mass is 15.3. The van der Waals surface area contributed by atoms with E-state index in [0.29, 0.717) is 18.3 Å². The fraction of sp³-hybridized carbons (Fsp3) is 0.353. The number of aliphatic imine (C=N–C) groups is 1. The third-order valence-electron chi connectivity index (χ3n) is 3.99. The fourth-order valence-corrected chi connectivity index (χ4v) is 2.55. The van der Waals surface area contributed by atoms with Crippen LogP contribution in [0.3, 0.4) is 0 Å². The summed E-state index contributed by atoms with van der Waals surface area (Å²) in [6.45, 7) is 4.63. The molecule has 2 aromatic rings. The van der Waals surface area contributed by atoms with Crippen LogP contribution in [0.2, 0.25) is 0 Å². The van der Waals surface area contributed by atoms with E-state index in [4.69, 9.17) is 5.73 Å². The molecule has 24 heavy (non-hydrogen) atoms. The van der Waals surface area contributed by atoms with Crippen molar-refractivity contribution in [2.45, 2.75) is 6.54 Å². The molecule has 0 aliphatic carbocycles. The van der Waals surface area contributed by atoms with Crippen LogP contribution in [-0.4, -0.2) is 54.1 Å². The number of rotatable bonds is 4. The second kappa shape index (κ2) is 7.74. The van der Waals surface area contributed by atoms with E-state index < -0.39 is 0 Å². The maximum absolute atomic E-state index is 5.92. The van der Waals surface area contributed by atoms with Crippen LogP contribution in [0.5, 0.6) is 0 Å². The van der Waals surface area contributed by atoms with Gasteiger partial charge in [-0.3, -0.25) is 0 Å². The van der Waals surface area contributed by atoms with Crippen LogP contribution in [-0.2, 0) is 6.54 Å². The fourth-order valence-electron chi connectivity index (χ4n) is 2.55. The number of aromatic nitrogens is 2. The number of guanidine groups is 1. The summed E-state index contributed by atoms with van der Waals surface area (Å²) in [6.07, 6.45) is 3.54. The lowest BCUT2D eigenvalue weighted by Gasteiger charge is -2.33. The Morgan fingerprint density at radius 2 is 2.00 bits per heavy atom. The van der Waals surface area contributed by atoms with Crippen molar-refractivity contribution in [3.8, 4) is 0 Å². The van der Waals surface area contributed by atoms with Crippen LogP contribution in [0, 0.1) is 0 Å².